The van der Waals surface area contributed by atoms with Crippen LogP contribution in [0.3, 0.4) is 0 Å². The fourth-order valence-corrected chi connectivity index (χ4v) is 2.65. The van der Waals surface area contributed by atoms with Crippen molar-refractivity contribution in [3.05, 3.63) is 58.2 Å². The summed E-state index contributed by atoms with van der Waals surface area (Å²) in [6.45, 7) is 3.65. The Kier molecular flexibility index (Phi) is 3.12. The fraction of sp³-hybridized carbons (Fsp3) is 0.250. The minimum absolute atomic E-state index is 0.124. The van der Waals surface area contributed by atoms with Crippen LogP contribution in [-0.2, 0) is 6.42 Å². The molecule has 0 spiro atoms. The van der Waals surface area contributed by atoms with Gasteiger partial charge in [-0.3, -0.25) is 4.79 Å². The Morgan fingerprint density at radius 3 is 2.76 bits per heavy atom. The summed E-state index contributed by atoms with van der Waals surface area (Å²) in [5.74, 6) is -1.83. The van der Waals surface area contributed by atoms with Crippen LogP contribution in [0.5, 0.6) is 0 Å². The van der Waals surface area contributed by atoms with Gasteiger partial charge in [-0.25, -0.2) is 9.18 Å². The molecule has 0 radical (unpaired) electrons. The van der Waals surface area contributed by atoms with Crippen molar-refractivity contribution in [2.24, 2.45) is 0 Å². The topological polar surface area (TPSA) is 59.3 Å². The van der Waals surface area contributed by atoms with Gasteiger partial charge in [-0.15, -0.1) is 6.58 Å². The molecule has 1 aliphatic carbocycles. The Balaban J connectivity index is 2.45. The summed E-state index contributed by atoms with van der Waals surface area (Å²) in [4.78, 5) is 23.5. The van der Waals surface area contributed by atoms with Crippen LogP contribution in [0.4, 0.5) is 4.39 Å². The third-order valence-electron chi connectivity index (χ3n) is 3.70. The number of fused-ring (bicyclic) bond motifs is 1. The highest BCUT2D eigenvalue weighted by molar-refractivity contribution is 5.93. The van der Waals surface area contributed by atoms with E-state index in [4.69, 9.17) is 0 Å². The van der Waals surface area contributed by atoms with E-state index < -0.39 is 17.2 Å². The average Bonchev–Trinajstić information content (AvgIpc) is 3.24. The van der Waals surface area contributed by atoms with Crippen molar-refractivity contribution in [3.63, 3.8) is 0 Å². The lowest BCUT2D eigenvalue weighted by Crippen LogP contribution is -2.19. The minimum Gasteiger partial charge on any atom is -0.477 e. The number of halogens is 1. The van der Waals surface area contributed by atoms with E-state index in [0.717, 1.165) is 18.9 Å². The summed E-state index contributed by atoms with van der Waals surface area (Å²) in [6, 6.07) is 2.68. The smallest absolute Gasteiger partial charge is 0.341 e. The first-order valence-electron chi connectivity index (χ1n) is 6.74. The normalized spacial score (nSPS) is 14.3. The zero-order chi connectivity index (χ0) is 15.1. The highest BCUT2D eigenvalue weighted by Crippen LogP contribution is 2.38. The van der Waals surface area contributed by atoms with Gasteiger partial charge in [0.05, 0.1) is 5.52 Å². The van der Waals surface area contributed by atoms with Crippen molar-refractivity contribution in [3.8, 4) is 0 Å². The first kappa shape index (κ1) is 13.5. The first-order valence-corrected chi connectivity index (χ1v) is 6.74. The molecule has 0 atom stereocenters. The van der Waals surface area contributed by atoms with Crippen LogP contribution in [0.1, 0.15) is 34.8 Å². The molecular formula is C16H14FNO3. The largest absolute Gasteiger partial charge is 0.477 e. The zero-order valence-electron chi connectivity index (χ0n) is 11.3. The molecule has 108 valence electrons. The fourth-order valence-electron chi connectivity index (χ4n) is 2.65. The summed E-state index contributed by atoms with van der Waals surface area (Å²) < 4.78 is 15.6. The van der Waals surface area contributed by atoms with Crippen molar-refractivity contribution in [2.45, 2.75) is 25.3 Å². The number of allylic oxidation sites excluding steroid dienone is 1. The van der Waals surface area contributed by atoms with E-state index in [2.05, 4.69) is 6.58 Å². The summed E-state index contributed by atoms with van der Waals surface area (Å²) >= 11 is 0. The molecule has 1 N–H and O–H groups in total. The number of benzene rings is 1. The monoisotopic (exact) mass is 287 g/mol. The van der Waals surface area contributed by atoms with Gasteiger partial charge in [-0.05, 0) is 37.0 Å². The maximum absolute atomic E-state index is 13.8. The lowest BCUT2D eigenvalue weighted by Gasteiger charge is -2.15. The van der Waals surface area contributed by atoms with Gasteiger partial charge in [0.2, 0.25) is 5.43 Å². The number of hydrogen-bond donors (Lipinski definition) is 1. The molecule has 2 aromatic rings. The molecule has 5 heteroatoms. The molecule has 21 heavy (non-hydrogen) atoms. The van der Waals surface area contributed by atoms with Crippen LogP contribution in [0.25, 0.3) is 10.9 Å². The van der Waals surface area contributed by atoms with Gasteiger partial charge in [-0.1, -0.05) is 6.08 Å². The highest BCUT2D eigenvalue weighted by atomic mass is 19.1. The van der Waals surface area contributed by atoms with E-state index in [0.29, 0.717) is 17.5 Å². The van der Waals surface area contributed by atoms with Crippen LogP contribution < -0.4 is 5.43 Å². The van der Waals surface area contributed by atoms with Crippen LogP contribution >= 0.6 is 0 Å². The highest BCUT2D eigenvalue weighted by Gasteiger charge is 2.27. The van der Waals surface area contributed by atoms with Crippen LogP contribution in [0, 0.1) is 5.82 Å². The Morgan fingerprint density at radius 1 is 1.48 bits per heavy atom. The van der Waals surface area contributed by atoms with Gasteiger partial charge in [0, 0.05) is 17.6 Å². The summed E-state index contributed by atoms with van der Waals surface area (Å²) in [6.07, 6.45) is 5.31. The Labute approximate surface area is 120 Å². The Bertz CT molecular complexity index is 818. The van der Waals surface area contributed by atoms with Gasteiger partial charge < -0.3 is 9.67 Å². The summed E-state index contributed by atoms with van der Waals surface area (Å²) in [5, 5.41) is 9.29. The summed E-state index contributed by atoms with van der Waals surface area (Å²) in [5.41, 5.74) is 0.318. The lowest BCUT2D eigenvalue weighted by molar-refractivity contribution is 0.0695. The molecule has 1 aromatic carbocycles. The van der Waals surface area contributed by atoms with Crippen molar-refractivity contribution >= 4 is 16.9 Å². The molecule has 0 amide bonds. The predicted molar refractivity (Wildman–Crippen MR) is 77.3 cm³/mol. The molecule has 3 rings (SSSR count). The predicted octanol–water partition coefficient (Wildman–Crippen LogP) is 2.90. The van der Waals surface area contributed by atoms with E-state index >= 15 is 0 Å². The van der Waals surface area contributed by atoms with Crippen LogP contribution in [0.2, 0.25) is 0 Å². The molecule has 1 aliphatic rings. The Hall–Kier alpha value is -2.43. The number of carbonyl (C=O) groups is 1. The SMILES string of the molecule is C=CCc1cc(F)cc2c(=O)c(C(=O)O)cn(C3CC3)c12. The molecule has 1 heterocycles. The van der Waals surface area contributed by atoms with E-state index in [1.165, 1.54) is 12.3 Å². The molecular weight excluding hydrogens is 273 g/mol. The number of aromatic nitrogens is 1. The second-order valence-corrected chi connectivity index (χ2v) is 5.27. The number of aromatic carboxylic acids is 1. The van der Waals surface area contributed by atoms with Gasteiger partial charge >= 0.3 is 5.97 Å². The number of carboxylic acid groups (broad SMARTS) is 1. The third-order valence-corrected chi connectivity index (χ3v) is 3.70. The van der Waals surface area contributed by atoms with E-state index in [-0.39, 0.29) is 17.0 Å². The Morgan fingerprint density at radius 2 is 2.19 bits per heavy atom. The third kappa shape index (κ3) is 2.24. The quantitative estimate of drug-likeness (QED) is 0.880. The molecule has 1 aromatic heterocycles. The summed E-state index contributed by atoms with van der Waals surface area (Å²) in [7, 11) is 0. The number of nitrogens with zero attached hydrogens (tertiary/aromatic N) is 1. The molecule has 0 bridgehead atoms. The van der Waals surface area contributed by atoms with E-state index in [1.54, 1.807) is 10.6 Å². The second-order valence-electron chi connectivity index (χ2n) is 5.27. The van der Waals surface area contributed by atoms with Gasteiger partial charge in [-0.2, -0.15) is 0 Å². The van der Waals surface area contributed by atoms with Crippen molar-refractivity contribution in [1.29, 1.82) is 0 Å². The van der Waals surface area contributed by atoms with Crippen LogP contribution in [-0.4, -0.2) is 15.6 Å². The van der Waals surface area contributed by atoms with Crippen molar-refractivity contribution < 1.29 is 14.3 Å². The maximum atomic E-state index is 13.8. The van der Waals surface area contributed by atoms with Crippen molar-refractivity contribution in [1.82, 2.24) is 4.57 Å². The van der Waals surface area contributed by atoms with E-state index in [1.807, 2.05) is 0 Å². The average molecular weight is 287 g/mol. The molecule has 1 fully saturated rings. The standard InChI is InChI=1S/C16H14FNO3/c1-2-3-9-6-10(17)7-12-14(9)18(11-4-5-11)8-13(15(12)19)16(20)21/h2,6-8,11H,1,3-5H2,(H,20,21). The molecule has 0 saturated heterocycles. The van der Waals surface area contributed by atoms with Crippen LogP contribution in [0.15, 0.2) is 35.8 Å². The molecule has 0 unspecified atom stereocenters. The van der Waals surface area contributed by atoms with Crippen molar-refractivity contribution in [2.75, 3.05) is 0 Å². The van der Waals surface area contributed by atoms with Gasteiger partial charge in [0.15, 0.2) is 0 Å². The molecule has 4 nitrogen and oxygen atoms in total. The van der Waals surface area contributed by atoms with E-state index in [9.17, 15) is 19.1 Å². The van der Waals surface area contributed by atoms with Gasteiger partial charge in [0.25, 0.3) is 0 Å². The molecule has 0 aliphatic heterocycles. The minimum atomic E-state index is -1.29. The number of rotatable bonds is 4. The lowest BCUT2D eigenvalue weighted by atomic mass is 10.0. The molecule has 1 saturated carbocycles. The number of carboxylic acids is 1. The maximum Gasteiger partial charge on any atom is 0.341 e. The van der Waals surface area contributed by atoms with Gasteiger partial charge in [0.1, 0.15) is 11.4 Å². The number of hydrogen-bond acceptors (Lipinski definition) is 2. The number of pyridine rings is 1. The first-order chi connectivity index (χ1) is 10.0. The zero-order valence-corrected chi connectivity index (χ0v) is 11.3. The second kappa shape index (κ2) is 4.84.